The molecule has 1 aromatic heterocycles. The smallest absolute Gasteiger partial charge is 0.419 e. The summed E-state index contributed by atoms with van der Waals surface area (Å²) in [7, 11) is 1.49. The first-order valence-electron chi connectivity index (χ1n) is 11.7. The van der Waals surface area contributed by atoms with Crippen molar-refractivity contribution in [2.45, 2.75) is 19.0 Å². The molecule has 0 fully saturated rings. The van der Waals surface area contributed by atoms with Crippen LogP contribution in [0.15, 0.2) is 54.7 Å². The lowest BCUT2D eigenvalue weighted by atomic mass is 10.0. The minimum absolute atomic E-state index is 0.00452. The van der Waals surface area contributed by atoms with Gasteiger partial charge in [-0.3, -0.25) is 9.78 Å². The lowest BCUT2D eigenvalue weighted by Gasteiger charge is -2.23. The molecule has 6 nitrogen and oxygen atoms in total. The van der Waals surface area contributed by atoms with Gasteiger partial charge in [-0.1, -0.05) is 12.1 Å². The lowest BCUT2D eigenvalue weighted by Crippen LogP contribution is -2.16. The summed E-state index contributed by atoms with van der Waals surface area (Å²) in [5, 5.41) is 0.462. The van der Waals surface area contributed by atoms with Crippen LogP contribution in [0.2, 0.25) is 0 Å². The average molecular weight is 545 g/mol. The lowest BCUT2D eigenvalue weighted by molar-refractivity contribution is -0.140. The van der Waals surface area contributed by atoms with E-state index >= 15 is 4.39 Å². The van der Waals surface area contributed by atoms with Gasteiger partial charge in [0.25, 0.3) is 0 Å². The van der Waals surface area contributed by atoms with Crippen molar-refractivity contribution in [1.29, 1.82) is 0 Å². The number of ether oxygens (including phenoxy) is 4. The zero-order valence-corrected chi connectivity index (χ0v) is 20.4. The van der Waals surface area contributed by atoms with Crippen molar-refractivity contribution in [2.75, 3.05) is 20.3 Å². The molecule has 0 N–H and O–H groups in total. The highest BCUT2D eigenvalue weighted by Crippen LogP contribution is 2.48. The van der Waals surface area contributed by atoms with Gasteiger partial charge in [0.1, 0.15) is 30.6 Å². The predicted molar refractivity (Wildman–Crippen MR) is 130 cm³/mol. The van der Waals surface area contributed by atoms with E-state index in [2.05, 4.69) is 4.98 Å². The van der Waals surface area contributed by atoms with Crippen molar-refractivity contribution in [3.8, 4) is 28.7 Å². The van der Waals surface area contributed by atoms with E-state index in [0.717, 1.165) is 12.1 Å². The third-order valence-corrected chi connectivity index (χ3v) is 6.02. The van der Waals surface area contributed by atoms with E-state index in [1.165, 1.54) is 25.4 Å². The van der Waals surface area contributed by atoms with Gasteiger partial charge in [0.05, 0.1) is 23.6 Å². The molecule has 0 aliphatic carbocycles. The van der Waals surface area contributed by atoms with Gasteiger partial charge in [0.15, 0.2) is 23.1 Å². The second-order valence-electron chi connectivity index (χ2n) is 8.71. The number of methoxy groups -OCH3 is 1. The fraction of sp³-hybridized carbons (Fsp3) is 0.214. The molecule has 39 heavy (non-hydrogen) atoms. The van der Waals surface area contributed by atoms with Gasteiger partial charge < -0.3 is 18.9 Å². The quantitative estimate of drug-likeness (QED) is 0.249. The fourth-order valence-corrected chi connectivity index (χ4v) is 4.28. The molecule has 0 radical (unpaired) electrons. The summed E-state index contributed by atoms with van der Waals surface area (Å²) < 4.78 is 90.1. The van der Waals surface area contributed by atoms with Crippen LogP contribution in [0.5, 0.6) is 28.7 Å². The number of fused-ring (bicyclic) bond motifs is 3. The molecular formula is C28H20F5NO5. The Morgan fingerprint density at radius 3 is 2.26 bits per heavy atom. The summed E-state index contributed by atoms with van der Waals surface area (Å²) in [6.45, 7) is 0.612. The summed E-state index contributed by atoms with van der Waals surface area (Å²) in [6.07, 6.45) is -4.01. The molecule has 5 rings (SSSR count). The second-order valence-corrected chi connectivity index (χ2v) is 8.71. The summed E-state index contributed by atoms with van der Waals surface area (Å²) >= 11 is 0. The number of pyridine rings is 1. The van der Waals surface area contributed by atoms with Crippen LogP contribution < -0.4 is 18.9 Å². The number of rotatable bonds is 7. The number of benzene rings is 3. The molecule has 0 saturated heterocycles. The first-order valence-corrected chi connectivity index (χ1v) is 11.7. The fourth-order valence-electron chi connectivity index (χ4n) is 4.28. The molecule has 0 amide bonds. The Morgan fingerprint density at radius 2 is 1.56 bits per heavy atom. The number of hydrogen-bond acceptors (Lipinski definition) is 6. The Bertz CT molecular complexity index is 1570. The largest absolute Gasteiger partial charge is 0.493 e. The number of alkyl halides is 3. The summed E-state index contributed by atoms with van der Waals surface area (Å²) in [5.74, 6) is -1.36. The molecule has 3 aromatic carbocycles. The highest BCUT2D eigenvalue weighted by atomic mass is 19.4. The molecule has 0 bridgehead atoms. The Labute approximate surface area is 218 Å². The van der Waals surface area contributed by atoms with Crippen LogP contribution in [0.3, 0.4) is 0 Å². The van der Waals surface area contributed by atoms with Crippen LogP contribution in [0, 0.1) is 11.6 Å². The molecule has 2 heterocycles. The van der Waals surface area contributed by atoms with E-state index in [1.54, 1.807) is 12.1 Å². The zero-order chi connectivity index (χ0) is 27.7. The SMILES string of the molecule is COc1cc2nccc(Oc3ccc(CC(=O)Cc4ccc(F)c(C(F)(F)F)c4)cc3F)c2c2c1OCCO2. The van der Waals surface area contributed by atoms with Crippen LogP contribution in [0.1, 0.15) is 16.7 Å². The van der Waals surface area contributed by atoms with Gasteiger partial charge >= 0.3 is 6.18 Å². The maximum atomic E-state index is 15.0. The maximum Gasteiger partial charge on any atom is 0.419 e. The van der Waals surface area contributed by atoms with Gasteiger partial charge in [-0.25, -0.2) is 8.78 Å². The minimum atomic E-state index is -4.88. The number of halogens is 5. The Balaban J connectivity index is 1.35. The van der Waals surface area contributed by atoms with Crippen LogP contribution in [0.4, 0.5) is 22.0 Å². The normalized spacial score (nSPS) is 12.9. The maximum absolute atomic E-state index is 15.0. The van der Waals surface area contributed by atoms with Crippen molar-refractivity contribution < 1.29 is 45.7 Å². The van der Waals surface area contributed by atoms with Gasteiger partial charge in [0, 0.05) is 25.1 Å². The first kappa shape index (κ1) is 26.2. The first-order chi connectivity index (χ1) is 18.6. The van der Waals surface area contributed by atoms with Gasteiger partial charge in [0.2, 0.25) is 5.75 Å². The van der Waals surface area contributed by atoms with Crippen molar-refractivity contribution in [2.24, 2.45) is 0 Å². The van der Waals surface area contributed by atoms with Crippen LogP contribution in [-0.4, -0.2) is 31.1 Å². The van der Waals surface area contributed by atoms with Crippen molar-refractivity contribution in [3.63, 3.8) is 0 Å². The molecule has 11 heteroatoms. The number of Topliss-reactive ketones (excluding diaryl/α,β-unsaturated/α-hetero) is 1. The van der Waals surface area contributed by atoms with Crippen molar-refractivity contribution >= 4 is 16.7 Å². The summed E-state index contributed by atoms with van der Waals surface area (Å²) in [5.41, 5.74) is -0.669. The van der Waals surface area contributed by atoms with Crippen molar-refractivity contribution in [3.05, 3.63) is 83.1 Å². The molecule has 202 valence electrons. The zero-order valence-electron chi connectivity index (χ0n) is 20.4. The Morgan fingerprint density at radius 1 is 0.872 bits per heavy atom. The monoisotopic (exact) mass is 545 g/mol. The topological polar surface area (TPSA) is 66.9 Å². The molecule has 0 saturated carbocycles. The van der Waals surface area contributed by atoms with Gasteiger partial charge in [-0.15, -0.1) is 0 Å². The second kappa shape index (κ2) is 10.4. The van der Waals surface area contributed by atoms with Crippen LogP contribution in [0.25, 0.3) is 10.9 Å². The molecule has 0 unspecified atom stereocenters. The molecule has 1 aliphatic rings. The number of carbonyl (C=O) groups excluding carboxylic acids is 1. The molecule has 1 aliphatic heterocycles. The predicted octanol–water partition coefficient (Wildman–Crippen LogP) is 6.46. The van der Waals surface area contributed by atoms with Gasteiger partial charge in [-0.2, -0.15) is 13.2 Å². The molecular weight excluding hydrogens is 525 g/mol. The third-order valence-electron chi connectivity index (χ3n) is 6.02. The third kappa shape index (κ3) is 5.43. The number of hydrogen-bond donors (Lipinski definition) is 0. The Hall–Kier alpha value is -4.41. The van der Waals surface area contributed by atoms with E-state index in [4.69, 9.17) is 18.9 Å². The van der Waals surface area contributed by atoms with Crippen molar-refractivity contribution in [1.82, 2.24) is 4.98 Å². The van der Waals surface area contributed by atoms with E-state index in [1.807, 2.05) is 0 Å². The minimum Gasteiger partial charge on any atom is -0.493 e. The Kier molecular flexibility index (Phi) is 6.98. The number of carbonyl (C=O) groups is 1. The number of aromatic nitrogens is 1. The summed E-state index contributed by atoms with van der Waals surface area (Å²) in [4.78, 5) is 16.8. The molecule has 0 spiro atoms. The molecule has 0 atom stereocenters. The van der Waals surface area contributed by atoms with E-state index < -0.39 is 29.2 Å². The van der Waals surface area contributed by atoms with E-state index in [9.17, 15) is 22.4 Å². The van der Waals surface area contributed by atoms with E-state index in [0.29, 0.717) is 52.5 Å². The highest BCUT2D eigenvalue weighted by Gasteiger charge is 2.34. The average Bonchev–Trinajstić information content (AvgIpc) is 2.90. The number of ketones is 1. The summed E-state index contributed by atoms with van der Waals surface area (Å²) in [6, 6.07) is 9.52. The standard InChI is InChI=1S/C28H20F5NO5/c1-36-24-14-21-25(27-26(24)37-8-9-38-27)23(6-7-34-21)39-22-5-3-16(13-20(22)30)11-17(35)10-15-2-4-19(29)18(12-15)28(31,32)33/h2-7,12-14H,8-11H2,1H3. The van der Waals surface area contributed by atoms with Crippen LogP contribution in [-0.2, 0) is 23.8 Å². The van der Waals surface area contributed by atoms with Crippen LogP contribution >= 0.6 is 0 Å². The van der Waals surface area contributed by atoms with Gasteiger partial charge in [-0.05, 0) is 41.5 Å². The number of nitrogens with zero attached hydrogens (tertiary/aromatic N) is 1. The van der Waals surface area contributed by atoms with E-state index in [-0.39, 0.29) is 36.5 Å². The molecule has 4 aromatic rings. The highest BCUT2D eigenvalue weighted by molar-refractivity contribution is 5.95.